The third kappa shape index (κ3) is 12.5. The summed E-state index contributed by atoms with van der Waals surface area (Å²) in [7, 11) is 0. The number of carbonyl (C=O) groups is 4. The highest BCUT2D eigenvalue weighted by Gasteiger charge is 2.44. The van der Waals surface area contributed by atoms with Gasteiger partial charge in [0.1, 0.15) is 47.9 Å². The Bertz CT molecular complexity index is 3070. The first kappa shape index (κ1) is 53.6. The van der Waals surface area contributed by atoms with Gasteiger partial charge in [-0.3, -0.25) is 33.7 Å². The van der Waals surface area contributed by atoms with Gasteiger partial charge in [0.15, 0.2) is 5.82 Å². The number of nitrogens with zero attached hydrogens (tertiary/aromatic N) is 7. The fraction of sp³-hybridized carbons (Fsp3) is 0.389. The Morgan fingerprint density at radius 2 is 1.69 bits per heavy atom. The lowest BCUT2D eigenvalue weighted by atomic mass is 9.85. The Balaban J connectivity index is 0.813. The van der Waals surface area contributed by atoms with E-state index >= 15 is 0 Å². The maximum atomic E-state index is 14.1. The standard InChI is InChI=1S/C54H61ClN10O7S2/c1-30-32(3)74-53-46(30)47(36-13-15-38(55)16-14-36)60-42(50-63-62-33(4)65(50)53)25-44(67)57-18-20-72-41-22-35(21-39(23-41)56-8)17-19-71-28-45(68)61-49(54(5,6)7)52(70)64-27-40(66)24-43(64)51(69)58-26-34-9-11-37(12-10-34)48-31(2)59-29-73-48/h9-16,21-23,29,40,42-43,49,66H,8,17-20,24-28H2,1-7H3,(H,57,67)(H,58,69)(H,61,68)/t40-,42?,43?,49-/m1/s1. The molecule has 388 valence electrons. The number of likely N-dealkylation sites (tertiary alicyclic amines) is 1. The number of β-amino-alcohol motifs (C(OH)–C–C–N with tert-alkyl or cyclic N) is 1. The van der Waals surface area contributed by atoms with Gasteiger partial charge in [-0.25, -0.2) is 4.98 Å². The number of thiophene rings is 1. The van der Waals surface area contributed by atoms with Crippen molar-refractivity contribution in [2.24, 2.45) is 15.4 Å². The second-order valence-electron chi connectivity index (χ2n) is 19.5. The predicted octanol–water partition coefficient (Wildman–Crippen LogP) is 7.52. The minimum atomic E-state index is -1.01. The Morgan fingerprint density at radius 1 is 0.946 bits per heavy atom. The highest BCUT2D eigenvalue weighted by molar-refractivity contribution is 7.15. The minimum Gasteiger partial charge on any atom is -0.492 e. The molecule has 0 spiro atoms. The summed E-state index contributed by atoms with van der Waals surface area (Å²) in [5.41, 5.74) is 9.07. The number of halogens is 1. The minimum absolute atomic E-state index is 0.0291. The molecule has 5 heterocycles. The van der Waals surface area contributed by atoms with E-state index in [1.165, 1.54) is 4.90 Å². The topological polar surface area (TPSA) is 215 Å². The van der Waals surface area contributed by atoms with Crippen molar-refractivity contribution in [3.8, 4) is 21.2 Å². The van der Waals surface area contributed by atoms with Crippen LogP contribution in [-0.2, 0) is 36.9 Å². The van der Waals surface area contributed by atoms with E-state index in [2.05, 4.69) is 56.7 Å². The lowest BCUT2D eigenvalue weighted by molar-refractivity contribution is -0.144. The van der Waals surface area contributed by atoms with Gasteiger partial charge in [-0.15, -0.1) is 32.9 Å². The molecule has 17 nitrogen and oxygen atoms in total. The van der Waals surface area contributed by atoms with Crippen molar-refractivity contribution >= 4 is 76.0 Å². The van der Waals surface area contributed by atoms with Crippen molar-refractivity contribution in [1.29, 1.82) is 0 Å². The zero-order chi connectivity index (χ0) is 52.8. The second-order valence-corrected chi connectivity index (χ2v) is 22.0. The number of aliphatic imine (C=N–C) groups is 2. The summed E-state index contributed by atoms with van der Waals surface area (Å²) in [5, 5.41) is 29.8. The van der Waals surface area contributed by atoms with Gasteiger partial charge in [0.2, 0.25) is 23.6 Å². The molecule has 8 rings (SSSR count). The Hall–Kier alpha value is -6.64. The van der Waals surface area contributed by atoms with Gasteiger partial charge in [-0.05, 0) is 92.8 Å². The lowest BCUT2D eigenvalue weighted by Crippen LogP contribution is -2.58. The molecule has 4 N–H and O–H groups in total. The SMILES string of the molecule is C=Nc1cc(CCOCC(=O)N[C@H](C(=O)N2C[C@H](O)CC2C(=O)NCc2ccc(-c3scnc3C)cc2)C(C)(C)C)cc(OCCNC(=O)CC2N=C(c3ccc(Cl)cc3)c3c(sc(C)c3C)-n3c(C)nnc32)c1. The van der Waals surface area contributed by atoms with Crippen LogP contribution in [0.4, 0.5) is 5.69 Å². The molecule has 3 aromatic carbocycles. The number of ether oxygens (including phenoxy) is 2. The van der Waals surface area contributed by atoms with Crippen molar-refractivity contribution in [3.63, 3.8) is 0 Å². The summed E-state index contributed by atoms with van der Waals surface area (Å²) in [4.78, 5) is 71.8. The highest BCUT2D eigenvalue weighted by atomic mass is 35.5. The summed E-state index contributed by atoms with van der Waals surface area (Å²) in [5.74, 6) is 0.216. The van der Waals surface area contributed by atoms with Crippen molar-refractivity contribution in [2.45, 2.75) is 98.5 Å². The maximum Gasteiger partial charge on any atom is 0.246 e. The van der Waals surface area contributed by atoms with E-state index in [0.717, 1.165) is 59.5 Å². The van der Waals surface area contributed by atoms with Gasteiger partial charge in [0, 0.05) is 46.6 Å². The maximum absolute atomic E-state index is 14.1. The van der Waals surface area contributed by atoms with Gasteiger partial charge in [0.25, 0.3) is 0 Å². The normalized spacial score (nSPS) is 16.6. The van der Waals surface area contributed by atoms with Crippen LogP contribution in [0.25, 0.3) is 15.4 Å². The molecular formula is C54H61ClN10O7S2. The first-order valence-corrected chi connectivity index (χ1v) is 26.4. The number of amides is 4. The molecule has 4 atom stereocenters. The zero-order valence-corrected chi connectivity index (χ0v) is 44.9. The van der Waals surface area contributed by atoms with Gasteiger partial charge in [-0.1, -0.05) is 68.8 Å². The molecule has 2 unspecified atom stereocenters. The molecule has 2 aliphatic rings. The van der Waals surface area contributed by atoms with E-state index in [-0.39, 0.29) is 64.1 Å². The van der Waals surface area contributed by atoms with E-state index < -0.39 is 41.5 Å². The zero-order valence-electron chi connectivity index (χ0n) is 42.5. The van der Waals surface area contributed by atoms with E-state index in [1.54, 1.807) is 28.7 Å². The number of aryl methyl sites for hydroxylation is 3. The smallest absolute Gasteiger partial charge is 0.246 e. The fourth-order valence-corrected chi connectivity index (χ4v) is 11.2. The number of fused-ring (bicyclic) bond motifs is 3. The number of aliphatic hydroxyl groups excluding tert-OH is 1. The van der Waals surface area contributed by atoms with Crippen molar-refractivity contribution in [3.05, 3.63) is 127 Å². The number of hydrogen-bond donors (Lipinski definition) is 4. The molecule has 0 radical (unpaired) electrons. The van der Waals surface area contributed by atoms with Crippen molar-refractivity contribution in [1.82, 2.24) is 40.6 Å². The van der Waals surface area contributed by atoms with E-state index in [9.17, 15) is 24.3 Å². The second kappa shape index (κ2) is 23.3. The molecule has 4 amide bonds. The van der Waals surface area contributed by atoms with Crippen LogP contribution in [-0.4, -0.2) is 117 Å². The number of aliphatic hydroxyl groups is 1. The largest absolute Gasteiger partial charge is 0.492 e. The summed E-state index contributed by atoms with van der Waals surface area (Å²) in [6, 6.07) is 18.3. The van der Waals surface area contributed by atoms with E-state index in [1.807, 2.05) is 105 Å². The van der Waals surface area contributed by atoms with Crippen LogP contribution in [0.3, 0.4) is 0 Å². The number of aromatic nitrogens is 4. The average molecular weight is 1060 g/mol. The van der Waals surface area contributed by atoms with E-state index in [4.69, 9.17) is 26.1 Å². The number of hydrogen-bond acceptors (Lipinski definition) is 14. The van der Waals surface area contributed by atoms with Gasteiger partial charge < -0.3 is 35.4 Å². The van der Waals surface area contributed by atoms with E-state index in [0.29, 0.717) is 34.5 Å². The first-order valence-electron chi connectivity index (χ1n) is 24.4. The number of carbonyl (C=O) groups excluding carboxylic acids is 4. The lowest BCUT2D eigenvalue weighted by Gasteiger charge is -2.35. The van der Waals surface area contributed by atoms with Crippen LogP contribution in [0.5, 0.6) is 5.75 Å². The van der Waals surface area contributed by atoms with Gasteiger partial charge in [-0.2, -0.15) is 0 Å². The third-order valence-electron chi connectivity index (χ3n) is 13.0. The van der Waals surface area contributed by atoms with Gasteiger partial charge >= 0.3 is 0 Å². The summed E-state index contributed by atoms with van der Waals surface area (Å²) >= 11 is 9.47. The molecule has 6 aromatic rings. The molecule has 3 aromatic heterocycles. The molecule has 0 aliphatic carbocycles. The van der Waals surface area contributed by atoms with Crippen LogP contribution < -0.4 is 20.7 Å². The molecule has 1 saturated heterocycles. The Labute approximate surface area is 443 Å². The molecule has 20 heteroatoms. The fourth-order valence-electron chi connectivity index (χ4n) is 9.04. The molecule has 2 aliphatic heterocycles. The highest BCUT2D eigenvalue weighted by Crippen LogP contribution is 2.40. The molecular weight excluding hydrogens is 1000 g/mol. The number of nitrogens with one attached hydrogen (secondary N) is 3. The molecule has 0 bridgehead atoms. The van der Waals surface area contributed by atoms with Crippen LogP contribution in [0.15, 0.2) is 82.2 Å². The molecule has 0 saturated carbocycles. The van der Waals surface area contributed by atoms with Crippen LogP contribution in [0.1, 0.15) is 89.7 Å². The number of benzene rings is 3. The Morgan fingerprint density at radius 3 is 2.39 bits per heavy atom. The summed E-state index contributed by atoms with van der Waals surface area (Å²) in [6.07, 6.45) is -0.388. The van der Waals surface area contributed by atoms with Crippen molar-refractivity contribution < 1.29 is 33.8 Å². The summed E-state index contributed by atoms with van der Waals surface area (Å²) < 4.78 is 13.9. The molecule has 74 heavy (non-hydrogen) atoms. The monoisotopic (exact) mass is 1060 g/mol. The quantitative estimate of drug-likeness (QED) is 0.0463. The Kier molecular flexibility index (Phi) is 16.9. The average Bonchev–Trinajstić information content (AvgIpc) is 4.14. The van der Waals surface area contributed by atoms with Crippen LogP contribution in [0, 0.1) is 33.1 Å². The first-order chi connectivity index (χ1) is 35.4. The number of thiazole rings is 1. The van der Waals surface area contributed by atoms with Gasteiger partial charge in [0.05, 0.1) is 53.2 Å². The summed E-state index contributed by atoms with van der Waals surface area (Å²) in [6.45, 7) is 17.6. The van der Waals surface area contributed by atoms with Crippen LogP contribution in [0.2, 0.25) is 5.02 Å². The molecule has 1 fully saturated rings. The van der Waals surface area contributed by atoms with Crippen molar-refractivity contribution in [2.75, 3.05) is 32.9 Å². The van der Waals surface area contributed by atoms with Crippen LogP contribution >= 0.6 is 34.3 Å². The third-order valence-corrected chi connectivity index (χ3v) is 15.5. The predicted molar refractivity (Wildman–Crippen MR) is 288 cm³/mol. The number of rotatable bonds is 19.